The van der Waals surface area contributed by atoms with Gasteiger partial charge < -0.3 is 15.7 Å². The van der Waals surface area contributed by atoms with E-state index in [-0.39, 0.29) is 30.6 Å². The minimum atomic E-state index is 0. The number of hydrogen-bond acceptors (Lipinski definition) is 3. The molecule has 0 spiro atoms. The SMILES string of the molecule is CCNC(=NCC(CCO)CC(C)C)NC1CCN(C2CCCC2)C1.I. The van der Waals surface area contributed by atoms with Crippen molar-refractivity contribution in [2.24, 2.45) is 16.8 Å². The van der Waals surface area contributed by atoms with Crippen LogP contribution in [-0.4, -0.2) is 60.8 Å². The molecular formula is C20H41IN4O. The smallest absolute Gasteiger partial charge is 0.191 e. The number of guanidine groups is 1. The van der Waals surface area contributed by atoms with Crippen molar-refractivity contribution in [1.29, 1.82) is 0 Å². The Morgan fingerprint density at radius 3 is 2.58 bits per heavy atom. The summed E-state index contributed by atoms with van der Waals surface area (Å²) in [6.45, 7) is 10.9. The van der Waals surface area contributed by atoms with Gasteiger partial charge >= 0.3 is 0 Å². The molecule has 154 valence electrons. The van der Waals surface area contributed by atoms with Gasteiger partial charge in [0.25, 0.3) is 0 Å². The number of aliphatic hydroxyl groups is 1. The van der Waals surface area contributed by atoms with E-state index >= 15 is 0 Å². The Balaban J connectivity index is 0.00000338. The summed E-state index contributed by atoms with van der Waals surface area (Å²) in [7, 11) is 0. The summed E-state index contributed by atoms with van der Waals surface area (Å²) < 4.78 is 0. The number of nitrogens with zero attached hydrogens (tertiary/aromatic N) is 2. The van der Waals surface area contributed by atoms with Crippen molar-refractivity contribution in [3.63, 3.8) is 0 Å². The van der Waals surface area contributed by atoms with Crippen LogP contribution in [0.4, 0.5) is 0 Å². The first kappa shape index (κ1) is 24.0. The molecule has 1 heterocycles. The lowest BCUT2D eigenvalue weighted by Gasteiger charge is -2.24. The van der Waals surface area contributed by atoms with Crippen LogP contribution in [0, 0.1) is 11.8 Å². The summed E-state index contributed by atoms with van der Waals surface area (Å²) in [5.74, 6) is 2.07. The number of hydrogen-bond donors (Lipinski definition) is 3. The third kappa shape index (κ3) is 8.30. The molecule has 0 radical (unpaired) electrons. The van der Waals surface area contributed by atoms with Crippen LogP contribution in [0.2, 0.25) is 0 Å². The highest BCUT2D eigenvalue weighted by atomic mass is 127. The van der Waals surface area contributed by atoms with Crippen LogP contribution in [0.5, 0.6) is 0 Å². The van der Waals surface area contributed by atoms with E-state index in [1.54, 1.807) is 0 Å². The standard InChI is InChI=1S/C20H40N4O.HI/c1-4-21-20(22-14-17(10-12-25)13-16(2)3)23-18-9-11-24(15-18)19-7-5-6-8-19;/h16-19,25H,4-15H2,1-3H3,(H2,21,22,23);1H. The van der Waals surface area contributed by atoms with Crippen molar-refractivity contribution in [3.8, 4) is 0 Å². The highest BCUT2D eigenvalue weighted by molar-refractivity contribution is 14.0. The molecule has 2 atom stereocenters. The van der Waals surface area contributed by atoms with Crippen molar-refractivity contribution in [1.82, 2.24) is 15.5 Å². The summed E-state index contributed by atoms with van der Waals surface area (Å²) in [5, 5.41) is 16.4. The van der Waals surface area contributed by atoms with E-state index in [1.165, 1.54) is 38.6 Å². The number of aliphatic imine (C=N–C) groups is 1. The van der Waals surface area contributed by atoms with Crippen LogP contribution in [0.15, 0.2) is 4.99 Å². The lowest BCUT2D eigenvalue weighted by atomic mass is 9.94. The second-order valence-corrected chi connectivity index (χ2v) is 8.29. The van der Waals surface area contributed by atoms with Crippen molar-refractivity contribution in [3.05, 3.63) is 0 Å². The summed E-state index contributed by atoms with van der Waals surface area (Å²) in [4.78, 5) is 7.52. The van der Waals surface area contributed by atoms with Crippen LogP contribution in [0.3, 0.4) is 0 Å². The number of rotatable bonds is 9. The van der Waals surface area contributed by atoms with Gasteiger partial charge in [-0.3, -0.25) is 9.89 Å². The second kappa shape index (κ2) is 13.2. The molecule has 3 N–H and O–H groups in total. The van der Waals surface area contributed by atoms with E-state index in [1.807, 2.05) is 0 Å². The fraction of sp³-hybridized carbons (Fsp3) is 0.950. The largest absolute Gasteiger partial charge is 0.396 e. The molecule has 6 heteroatoms. The van der Waals surface area contributed by atoms with Gasteiger partial charge in [-0.1, -0.05) is 26.7 Å². The minimum Gasteiger partial charge on any atom is -0.396 e. The Morgan fingerprint density at radius 1 is 1.23 bits per heavy atom. The van der Waals surface area contributed by atoms with Crippen molar-refractivity contribution < 1.29 is 5.11 Å². The number of halogens is 1. The third-order valence-corrected chi connectivity index (χ3v) is 5.60. The quantitative estimate of drug-likeness (QED) is 0.270. The second-order valence-electron chi connectivity index (χ2n) is 8.29. The molecule has 26 heavy (non-hydrogen) atoms. The van der Waals surface area contributed by atoms with Gasteiger partial charge in [-0.2, -0.15) is 0 Å². The average molecular weight is 480 g/mol. The molecular weight excluding hydrogens is 439 g/mol. The van der Waals surface area contributed by atoms with E-state index in [2.05, 4.69) is 36.3 Å². The molecule has 1 aliphatic heterocycles. The molecule has 0 aromatic carbocycles. The number of nitrogens with one attached hydrogen (secondary N) is 2. The molecule has 2 rings (SSSR count). The normalized spacial score (nSPS) is 23.3. The molecule has 0 aromatic rings. The molecule has 1 aliphatic carbocycles. The van der Waals surface area contributed by atoms with Crippen LogP contribution in [0.1, 0.15) is 65.7 Å². The van der Waals surface area contributed by atoms with Gasteiger partial charge in [0.05, 0.1) is 0 Å². The molecule has 0 aromatic heterocycles. The zero-order valence-electron chi connectivity index (χ0n) is 17.0. The van der Waals surface area contributed by atoms with Crippen molar-refractivity contribution in [2.45, 2.75) is 77.8 Å². The lowest BCUT2D eigenvalue weighted by molar-refractivity contribution is 0.242. The highest BCUT2D eigenvalue weighted by Crippen LogP contribution is 2.26. The van der Waals surface area contributed by atoms with Gasteiger partial charge in [0.1, 0.15) is 0 Å². The third-order valence-electron chi connectivity index (χ3n) is 5.60. The molecule has 2 unspecified atom stereocenters. The van der Waals surface area contributed by atoms with E-state index in [0.29, 0.717) is 17.9 Å². The van der Waals surface area contributed by atoms with E-state index < -0.39 is 0 Å². The molecule has 0 amide bonds. The van der Waals surface area contributed by atoms with Crippen LogP contribution >= 0.6 is 24.0 Å². The van der Waals surface area contributed by atoms with Gasteiger partial charge in [0, 0.05) is 44.9 Å². The van der Waals surface area contributed by atoms with Gasteiger partial charge in [0.15, 0.2) is 5.96 Å². The first-order chi connectivity index (χ1) is 12.1. The fourth-order valence-corrected chi connectivity index (χ4v) is 4.37. The Hall–Kier alpha value is -0.0800. The van der Waals surface area contributed by atoms with Crippen molar-refractivity contribution >= 4 is 29.9 Å². The predicted molar refractivity (Wildman–Crippen MR) is 121 cm³/mol. The first-order valence-electron chi connectivity index (χ1n) is 10.5. The Kier molecular flexibility index (Phi) is 12.1. The summed E-state index contributed by atoms with van der Waals surface area (Å²) in [6, 6.07) is 1.34. The maximum Gasteiger partial charge on any atom is 0.191 e. The molecule has 2 fully saturated rings. The molecule has 1 saturated heterocycles. The number of aliphatic hydroxyl groups excluding tert-OH is 1. The topological polar surface area (TPSA) is 59.9 Å². The minimum absolute atomic E-state index is 0. The Labute approximate surface area is 177 Å². The maximum absolute atomic E-state index is 9.30. The van der Waals surface area contributed by atoms with Crippen LogP contribution < -0.4 is 10.6 Å². The van der Waals surface area contributed by atoms with Crippen LogP contribution in [0.25, 0.3) is 0 Å². The van der Waals surface area contributed by atoms with Gasteiger partial charge in [-0.05, 0) is 50.9 Å². The summed E-state index contributed by atoms with van der Waals surface area (Å²) >= 11 is 0. The zero-order chi connectivity index (χ0) is 18.1. The zero-order valence-corrected chi connectivity index (χ0v) is 19.4. The molecule has 2 aliphatic rings. The Morgan fingerprint density at radius 2 is 1.96 bits per heavy atom. The van der Waals surface area contributed by atoms with Crippen molar-refractivity contribution in [2.75, 3.05) is 32.8 Å². The van der Waals surface area contributed by atoms with E-state index in [4.69, 9.17) is 4.99 Å². The summed E-state index contributed by atoms with van der Waals surface area (Å²) in [6.07, 6.45) is 8.78. The fourth-order valence-electron chi connectivity index (χ4n) is 4.37. The monoisotopic (exact) mass is 480 g/mol. The lowest BCUT2D eigenvalue weighted by Crippen LogP contribution is -2.45. The predicted octanol–water partition coefficient (Wildman–Crippen LogP) is 3.22. The Bertz CT molecular complexity index is 399. The van der Waals surface area contributed by atoms with Crippen LogP contribution in [-0.2, 0) is 0 Å². The average Bonchev–Trinajstić information content (AvgIpc) is 3.23. The first-order valence-corrected chi connectivity index (χ1v) is 10.5. The van der Waals surface area contributed by atoms with Gasteiger partial charge in [-0.25, -0.2) is 0 Å². The summed E-state index contributed by atoms with van der Waals surface area (Å²) in [5.41, 5.74) is 0. The van der Waals surface area contributed by atoms with E-state index in [0.717, 1.165) is 44.5 Å². The highest BCUT2D eigenvalue weighted by Gasteiger charge is 2.30. The van der Waals surface area contributed by atoms with Gasteiger partial charge in [0.2, 0.25) is 0 Å². The maximum atomic E-state index is 9.30. The molecule has 1 saturated carbocycles. The van der Waals surface area contributed by atoms with Gasteiger partial charge in [-0.15, -0.1) is 24.0 Å². The van der Waals surface area contributed by atoms with E-state index in [9.17, 15) is 5.11 Å². The molecule has 5 nitrogen and oxygen atoms in total. The molecule has 0 bridgehead atoms. The number of likely N-dealkylation sites (tertiary alicyclic amines) is 1.